The summed E-state index contributed by atoms with van der Waals surface area (Å²) in [6.45, 7) is 1.63. The van der Waals surface area contributed by atoms with E-state index in [9.17, 15) is 4.79 Å². The zero-order chi connectivity index (χ0) is 8.10. The second-order valence-electron chi connectivity index (χ2n) is 2.02. The lowest BCUT2D eigenvalue weighted by Gasteiger charge is -2.05. The lowest BCUT2D eigenvalue weighted by atomic mass is 10.5. The Labute approximate surface area is 73.8 Å². The third-order valence-electron chi connectivity index (χ3n) is 1.31. The van der Waals surface area contributed by atoms with E-state index in [1.165, 1.54) is 0 Å². The van der Waals surface area contributed by atoms with Gasteiger partial charge >= 0.3 is 6.09 Å². The summed E-state index contributed by atoms with van der Waals surface area (Å²) in [6.07, 6.45) is -0.256. The standard InChI is InChI=1S/C7H8BrNO2/c8-3-1-2-4-9-5-6-11-7(9)10/h3-6H2. The van der Waals surface area contributed by atoms with Gasteiger partial charge in [0.05, 0.1) is 18.4 Å². The Morgan fingerprint density at radius 1 is 1.64 bits per heavy atom. The lowest BCUT2D eigenvalue weighted by molar-refractivity contribution is 0.161. The molecule has 0 radical (unpaired) electrons. The number of carbonyl (C=O) groups excluding carboxylic acids is 1. The Bertz CT molecular complexity index is 206. The van der Waals surface area contributed by atoms with E-state index in [-0.39, 0.29) is 6.09 Å². The van der Waals surface area contributed by atoms with Crippen LogP contribution in [-0.2, 0) is 4.74 Å². The molecule has 0 aromatic rings. The number of hydrogen-bond acceptors (Lipinski definition) is 2. The van der Waals surface area contributed by atoms with Gasteiger partial charge in [-0.1, -0.05) is 27.8 Å². The van der Waals surface area contributed by atoms with Crippen LogP contribution in [-0.4, -0.2) is 36.0 Å². The van der Waals surface area contributed by atoms with Gasteiger partial charge in [-0.05, 0) is 0 Å². The monoisotopic (exact) mass is 217 g/mol. The molecule has 0 spiro atoms. The van der Waals surface area contributed by atoms with Gasteiger partial charge in [-0.25, -0.2) is 4.79 Å². The van der Waals surface area contributed by atoms with Crippen molar-refractivity contribution < 1.29 is 9.53 Å². The van der Waals surface area contributed by atoms with Crippen LogP contribution in [0, 0.1) is 11.8 Å². The van der Waals surface area contributed by atoms with Crippen molar-refractivity contribution in [3.05, 3.63) is 0 Å². The summed E-state index contributed by atoms with van der Waals surface area (Å²) >= 11 is 3.17. The van der Waals surface area contributed by atoms with Gasteiger partial charge in [0.15, 0.2) is 0 Å². The Balaban J connectivity index is 2.31. The Kier molecular flexibility index (Phi) is 3.24. The third kappa shape index (κ3) is 2.43. The van der Waals surface area contributed by atoms with Gasteiger partial charge in [-0.3, -0.25) is 4.90 Å². The van der Waals surface area contributed by atoms with Crippen LogP contribution in [0.4, 0.5) is 4.79 Å². The first-order valence-electron chi connectivity index (χ1n) is 3.28. The predicted octanol–water partition coefficient (Wildman–Crippen LogP) is 0.837. The fraction of sp³-hybridized carbons (Fsp3) is 0.571. The summed E-state index contributed by atoms with van der Waals surface area (Å²) in [5.41, 5.74) is 0. The average Bonchev–Trinajstić information content (AvgIpc) is 2.37. The molecule has 3 nitrogen and oxygen atoms in total. The molecule has 4 heteroatoms. The first-order chi connectivity index (χ1) is 5.34. The van der Waals surface area contributed by atoms with Crippen molar-refractivity contribution in [3.63, 3.8) is 0 Å². The molecule has 0 N–H and O–H groups in total. The molecule has 1 aliphatic heterocycles. The molecule has 11 heavy (non-hydrogen) atoms. The highest BCUT2D eigenvalue weighted by molar-refractivity contribution is 9.09. The van der Waals surface area contributed by atoms with Crippen LogP contribution in [0.2, 0.25) is 0 Å². The van der Waals surface area contributed by atoms with Crippen molar-refractivity contribution in [2.45, 2.75) is 0 Å². The number of alkyl halides is 1. The summed E-state index contributed by atoms with van der Waals surface area (Å²) in [5, 5.41) is 0.649. The number of halogens is 1. The largest absolute Gasteiger partial charge is 0.448 e. The minimum Gasteiger partial charge on any atom is -0.448 e. The van der Waals surface area contributed by atoms with E-state index in [0.717, 1.165) is 0 Å². The fourth-order valence-corrected chi connectivity index (χ4v) is 0.966. The van der Waals surface area contributed by atoms with Crippen LogP contribution in [0.15, 0.2) is 0 Å². The number of cyclic esters (lactones) is 1. The number of ether oxygens (including phenoxy) is 1. The van der Waals surface area contributed by atoms with Crippen LogP contribution in [0.1, 0.15) is 0 Å². The highest BCUT2D eigenvalue weighted by atomic mass is 79.9. The first-order valence-corrected chi connectivity index (χ1v) is 4.40. The molecule has 0 unspecified atom stereocenters. The molecular formula is C7H8BrNO2. The topological polar surface area (TPSA) is 29.5 Å². The second-order valence-corrected chi connectivity index (χ2v) is 2.58. The number of nitrogens with zero attached hydrogens (tertiary/aromatic N) is 1. The third-order valence-corrected chi connectivity index (χ3v) is 1.59. The molecule has 1 heterocycles. The van der Waals surface area contributed by atoms with E-state index in [1.807, 2.05) is 0 Å². The Hall–Kier alpha value is -0.690. The molecule has 0 aliphatic carbocycles. The van der Waals surface area contributed by atoms with Crippen LogP contribution >= 0.6 is 15.9 Å². The highest BCUT2D eigenvalue weighted by Gasteiger charge is 2.19. The second kappa shape index (κ2) is 4.24. The van der Waals surface area contributed by atoms with Gasteiger partial charge < -0.3 is 4.74 Å². The van der Waals surface area contributed by atoms with E-state index >= 15 is 0 Å². The van der Waals surface area contributed by atoms with Gasteiger partial charge in [0, 0.05) is 0 Å². The molecule has 1 saturated heterocycles. The van der Waals surface area contributed by atoms with Crippen molar-refractivity contribution in [3.8, 4) is 11.8 Å². The maximum atomic E-state index is 10.8. The van der Waals surface area contributed by atoms with Gasteiger partial charge in [-0.15, -0.1) is 0 Å². The molecule has 0 aromatic heterocycles. The van der Waals surface area contributed by atoms with Crippen LogP contribution in [0.25, 0.3) is 0 Å². The van der Waals surface area contributed by atoms with Gasteiger partial charge in [0.2, 0.25) is 0 Å². The number of carbonyl (C=O) groups is 1. The molecule has 1 aliphatic rings. The maximum absolute atomic E-state index is 10.8. The van der Waals surface area contributed by atoms with E-state index in [2.05, 4.69) is 27.8 Å². The van der Waals surface area contributed by atoms with E-state index < -0.39 is 0 Å². The molecule has 0 saturated carbocycles. The molecule has 0 aromatic carbocycles. The maximum Gasteiger partial charge on any atom is 0.410 e. The summed E-state index contributed by atoms with van der Waals surface area (Å²) in [5.74, 6) is 5.65. The molecule has 1 amide bonds. The Morgan fingerprint density at radius 3 is 3.00 bits per heavy atom. The van der Waals surface area contributed by atoms with Gasteiger partial charge in [-0.2, -0.15) is 0 Å². The zero-order valence-electron chi connectivity index (χ0n) is 5.97. The van der Waals surface area contributed by atoms with Crippen LogP contribution < -0.4 is 0 Å². The van der Waals surface area contributed by atoms with E-state index in [1.54, 1.807) is 4.90 Å². The smallest absolute Gasteiger partial charge is 0.410 e. The number of rotatable bonds is 1. The Morgan fingerprint density at radius 2 is 2.45 bits per heavy atom. The van der Waals surface area contributed by atoms with Crippen molar-refractivity contribution >= 4 is 22.0 Å². The number of hydrogen-bond donors (Lipinski definition) is 0. The quantitative estimate of drug-likeness (QED) is 0.482. The van der Waals surface area contributed by atoms with Crippen molar-refractivity contribution in [1.82, 2.24) is 4.90 Å². The molecule has 0 bridgehead atoms. The van der Waals surface area contributed by atoms with Crippen LogP contribution in [0.5, 0.6) is 0 Å². The highest BCUT2D eigenvalue weighted by Crippen LogP contribution is 2.00. The van der Waals surface area contributed by atoms with Gasteiger partial charge in [0.25, 0.3) is 0 Å². The summed E-state index contributed by atoms with van der Waals surface area (Å²) in [7, 11) is 0. The number of amides is 1. The zero-order valence-corrected chi connectivity index (χ0v) is 7.56. The molecule has 1 rings (SSSR count). The minimum atomic E-state index is -0.256. The van der Waals surface area contributed by atoms with Crippen molar-refractivity contribution in [2.24, 2.45) is 0 Å². The molecule has 60 valence electrons. The van der Waals surface area contributed by atoms with Crippen molar-refractivity contribution in [2.75, 3.05) is 25.0 Å². The first kappa shape index (κ1) is 8.41. The molecule has 0 atom stereocenters. The predicted molar refractivity (Wildman–Crippen MR) is 44.5 cm³/mol. The summed E-state index contributed by atoms with van der Waals surface area (Å²) in [6, 6.07) is 0. The normalized spacial score (nSPS) is 15.7. The average molecular weight is 218 g/mol. The summed E-state index contributed by atoms with van der Waals surface area (Å²) in [4.78, 5) is 12.4. The van der Waals surface area contributed by atoms with Gasteiger partial charge in [0.1, 0.15) is 6.61 Å². The molecule has 1 fully saturated rings. The van der Waals surface area contributed by atoms with Crippen molar-refractivity contribution in [1.29, 1.82) is 0 Å². The summed E-state index contributed by atoms with van der Waals surface area (Å²) < 4.78 is 4.70. The minimum absolute atomic E-state index is 0.256. The fourth-order valence-electron chi connectivity index (χ4n) is 0.768. The molecular weight excluding hydrogens is 210 g/mol. The van der Waals surface area contributed by atoms with E-state index in [0.29, 0.717) is 25.0 Å². The van der Waals surface area contributed by atoms with Crippen LogP contribution in [0.3, 0.4) is 0 Å². The van der Waals surface area contributed by atoms with E-state index in [4.69, 9.17) is 4.74 Å². The SMILES string of the molecule is O=C1OCCN1CC#CCBr. The lowest BCUT2D eigenvalue weighted by Crippen LogP contribution is -2.24.